The molecule has 0 radical (unpaired) electrons. The van der Waals surface area contributed by atoms with Crippen LogP contribution in [-0.4, -0.2) is 26.0 Å². The number of terminal acetylenes is 1. The van der Waals surface area contributed by atoms with E-state index in [2.05, 4.69) is 21.0 Å². The summed E-state index contributed by atoms with van der Waals surface area (Å²) in [5.74, 6) is 2.49. The van der Waals surface area contributed by atoms with E-state index in [0.29, 0.717) is 17.9 Å². The lowest BCUT2D eigenvalue weighted by Crippen LogP contribution is -1.96. The molecule has 17 heavy (non-hydrogen) atoms. The number of rotatable bonds is 4. The molecule has 2 heterocycles. The third-order valence-electron chi connectivity index (χ3n) is 2.20. The maximum absolute atomic E-state index is 10.6. The van der Waals surface area contributed by atoms with E-state index in [4.69, 9.17) is 6.42 Å². The average molecular weight is 226 g/mol. The Bertz CT molecular complexity index is 554. The SMILES string of the molecule is C#CCn1cc(CC=O)c(-c2cnccn2)n1. The van der Waals surface area contributed by atoms with Crippen LogP contribution >= 0.6 is 0 Å². The quantitative estimate of drug-likeness (QED) is 0.569. The molecular weight excluding hydrogens is 216 g/mol. The second-order valence-electron chi connectivity index (χ2n) is 3.37. The maximum Gasteiger partial charge on any atom is 0.124 e. The Morgan fingerprint density at radius 1 is 1.47 bits per heavy atom. The normalized spacial score (nSPS) is 9.82. The fourth-order valence-electron chi connectivity index (χ4n) is 1.51. The van der Waals surface area contributed by atoms with Gasteiger partial charge in [0.2, 0.25) is 0 Å². The molecule has 2 aromatic rings. The maximum atomic E-state index is 10.6. The summed E-state index contributed by atoms with van der Waals surface area (Å²) in [6.45, 7) is 0.367. The summed E-state index contributed by atoms with van der Waals surface area (Å²) < 4.78 is 1.61. The summed E-state index contributed by atoms with van der Waals surface area (Å²) in [6.07, 6.45) is 12.9. The third kappa shape index (κ3) is 2.37. The van der Waals surface area contributed by atoms with E-state index in [1.165, 1.54) is 0 Å². The Balaban J connectivity index is 2.44. The van der Waals surface area contributed by atoms with Gasteiger partial charge in [-0.05, 0) is 0 Å². The topological polar surface area (TPSA) is 60.7 Å². The Labute approximate surface area is 98.5 Å². The summed E-state index contributed by atoms with van der Waals surface area (Å²) in [6, 6.07) is 0. The number of hydrogen-bond donors (Lipinski definition) is 0. The number of hydrogen-bond acceptors (Lipinski definition) is 4. The molecule has 0 saturated carbocycles. The largest absolute Gasteiger partial charge is 0.303 e. The van der Waals surface area contributed by atoms with E-state index in [9.17, 15) is 4.79 Å². The Morgan fingerprint density at radius 2 is 2.35 bits per heavy atom. The van der Waals surface area contributed by atoms with Crippen molar-refractivity contribution < 1.29 is 4.79 Å². The van der Waals surface area contributed by atoms with Gasteiger partial charge >= 0.3 is 0 Å². The van der Waals surface area contributed by atoms with Crippen LogP contribution in [0.5, 0.6) is 0 Å². The molecule has 84 valence electrons. The fourth-order valence-corrected chi connectivity index (χ4v) is 1.51. The molecule has 0 atom stereocenters. The van der Waals surface area contributed by atoms with Crippen LogP contribution in [0.15, 0.2) is 24.8 Å². The predicted molar refractivity (Wildman–Crippen MR) is 61.9 cm³/mol. The Hall–Kier alpha value is -2.48. The molecule has 0 aliphatic rings. The standard InChI is InChI=1S/C12H10N4O/c1-2-6-16-9-10(3-7-17)12(15-16)11-8-13-4-5-14-11/h1,4-5,7-9H,3,6H2. The first-order chi connectivity index (χ1) is 8.35. The van der Waals surface area contributed by atoms with Crippen molar-refractivity contribution in [3.05, 3.63) is 30.4 Å². The third-order valence-corrected chi connectivity index (χ3v) is 2.20. The van der Waals surface area contributed by atoms with Crippen molar-refractivity contribution in [1.29, 1.82) is 0 Å². The minimum atomic E-state index is 0.288. The first-order valence-electron chi connectivity index (χ1n) is 5.05. The minimum Gasteiger partial charge on any atom is -0.303 e. The van der Waals surface area contributed by atoms with Gasteiger partial charge in [0.05, 0.1) is 6.20 Å². The van der Waals surface area contributed by atoms with Gasteiger partial charge in [-0.25, -0.2) is 0 Å². The van der Waals surface area contributed by atoms with E-state index in [1.807, 2.05) is 0 Å². The van der Waals surface area contributed by atoms with Crippen LogP contribution in [0.25, 0.3) is 11.4 Å². The average Bonchev–Trinajstić information content (AvgIpc) is 2.74. The summed E-state index contributed by atoms with van der Waals surface area (Å²) >= 11 is 0. The second-order valence-corrected chi connectivity index (χ2v) is 3.37. The molecule has 2 aromatic heterocycles. The van der Waals surface area contributed by atoms with Gasteiger partial charge in [-0.2, -0.15) is 5.10 Å². The van der Waals surface area contributed by atoms with Gasteiger partial charge in [-0.15, -0.1) is 6.42 Å². The molecule has 0 fully saturated rings. The highest BCUT2D eigenvalue weighted by molar-refractivity contribution is 5.64. The highest BCUT2D eigenvalue weighted by Gasteiger charge is 2.11. The number of carbonyl (C=O) groups is 1. The van der Waals surface area contributed by atoms with Crippen LogP contribution in [0.4, 0.5) is 0 Å². The van der Waals surface area contributed by atoms with Crippen molar-refractivity contribution in [2.75, 3.05) is 0 Å². The van der Waals surface area contributed by atoms with Crippen molar-refractivity contribution in [2.24, 2.45) is 0 Å². The van der Waals surface area contributed by atoms with Gasteiger partial charge in [-0.1, -0.05) is 5.92 Å². The lowest BCUT2D eigenvalue weighted by molar-refractivity contribution is -0.107. The number of carbonyl (C=O) groups excluding carboxylic acids is 1. The van der Waals surface area contributed by atoms with Crippen molar-refractivity contribution in [1.82, 2.24) is 19.7 Å². The molecule has 2 rings (SSSR count). The Kier molecular flexibility index (Phi) is 3.26. The number of aldehydes is 1. The van der Waals surface area contributed by atoms with Crippen LogP contribution in [0.1, 0.15) is 5.56 Å². The van der Waals surface area contributed by atoms with Crippen LogP contribution in [0.3, 0.4) is 0 Å². The summed E-state index contributed by atoms with van der Waals surface area (Å²) in [7, 11) is 0. The zero-order valence-electron chi connectivity index (χ0n) is 9.08. The van der Waals surface area contributed by atoms with Crippen LogP contribution < -0.4 is 0 Å². The first-order valence-corrected chi connectivity index (χ1v) is 5.05. The van der Waals surface area contributed by atoms with E-state index < -0.39 is 0 Å². The summed E-state index contributed by atoms with van der Waals surface area (Å²) in [5, 5.41) is 4.30. The monoisotopic (exact) mass is 226 g/mol. The molecule has 5 heteroatoms. The Morgan fingerprint density at radius 3 is 3.00 bits per heavy atom. The van der Waals surface area contributed by atoms with E-state index in [1.54, 1.807) is 29.5 Å². The molecule has 0 aliphatic carbocycles. The molecule has 0 aliphatic heterocycles. The predicted octanol–water partition coefficient (Wildman–Crippen LogP) is 0.715. The van der Waals surface area contributed by atoms with E-state index in [0.717, 1.165) is 11.8 Å². The van der Waals surface area contributed by atoms with Gasteiger partial charge in [0.15, 0.2) is 0 Å². The fraction of sp³-hybridized carbons (Fsp3) is 0.167. The van der Waals surface area contributed by atoms with Crippen LogP contribution in [-0.2, 0) is 17.8 Å². The first kappa shape index (κ1) is 11.0. The van der Waals surface area contributed by atoms with Crippen molar-refractivity contribution >= 4 is 6.29 Å². The second kappa shape index (κ2) is 5.03. The van der Waals surface area contributed by atoms with Crippen molar-refractivity contribution in [3.8, 4) is 23.7 Å². The molecule has 0 unspecified atom stereocenters. The number of aromatic nitrogens is 4. The van der Waals surface area contributed by atoms with E-state index in [-0.39, 0.29) is 6.42 Å². The van der Waals surface area contributed by atoms with Crippen molar-refractivity contribution in [2.45, 2.75) is 13.0 Å². The van der Waals surface area contributed by atoms with Gasteiger partial charge in [0.25, 0.3) is 0 Å². The van der Waals surface area contributed by atoms with Gasteiger partial charge in [0, 0.05) is 30.6 Å². The van der Waals surface area contributed by atoms with Crippen molar-refractivity contribution in [3.63, 3.8) is 0 Å². The summed E-state index contributed by atoms with van der Waals surface area (Å²) in [5.41, 5.74) is 2.09. The summed E-state index contributed by atoms with van der Waals surface area (Å²) in [4.78, 5) is 18.7. The molecule has 5 nitrogen and oxygen atoms in total. The molecular formula is C12H10N4O. The zero-order valence-corrected chi connectivity index (χ0v) is 9.08. The van der Waals surface area contributed by atoms with Gasteiger partial charge < -0.3 is 4.79 Å². The lowest BCUT2D eigenvalue weighted by Gasteiger charge is -1.96. The lowest BCUT2D eigenvalue weighted by atomic mass is 10.1. The van der Waals surface area contributed by atoms with Crippen LogP contribution in [0, 0.1) is 12.3 Å². The zero-order chi connectivity index (χ0) is 12.1. The van der Waals surface area contributed by atoms with Gasteiger partial charge in [0.1, 0.15) is 24.2 Å². The van der Waals surface area contributed by atoms with Gasteiger partial charge in [-0.3, -0.25) is 14.6 Å². The van der Waals surface area contributed by atoms with E-state index >= 15 is 0 Å². The smallest absolute Gasteiger partial charge is 0.124 e. The molecule has 0 N–H and O–H groups in total. The highest BCUT2D eigenvalue weighted by atomic mass is 16.1. The number of nitrogens with zero attached hydrogens (tertiary/aromatic N) is 4. The molecule has 0 aromatic carbocycles. The highest BCUT2D eigenvalue weighted by Crippen LogP contribution is 2.18. The van der Waals surface area contributed by atoms with Crippen LogP contribution in [0.2, 0.25) is 0 Å². The minimum absolute atomic E-state index is 0.288. The molecule has 0 bridgehead atoms. The molecule has 0 amide bonds. The molecule has 0 saturated heterocycles. The molecule has 0 spiro atoms.